The van der Waals surface area contributed by atoms with E-state index in [1.54, 1.807) is 0 Å². The molecule has 0 N–H and O–H groups in total. The van der Waals surface area contributed by atoms with Crippen LogP contribution in [0.4, 0.5) is 0 Å². The van der Waals surface area contributed by atoms with Crippen molar-refractivity contribution in [3.05, 3.63) is 78.7 Å². The van der Waals surface area contributed by atoms with E-state index in [0.717, 1.165) is 5.56 Å². The van der Waals surface area contributed by atoms with E-state index < -0.39 is 0 Å². The van der Waals surface area contributed by atoms with Gasteiger partial charge in [0.05, 0.1) is 0 Å². The summed E-state index contributed by atoms with van der Waals surface area (Å²) >= 11 is 0. The molecule has 0 heteroatoms. The molecule has 0 aliphatic carbocycles. The first-order chi connectivity index (χ1) is 9.33. The van der Waals surface area contributed by atoms with Gasteiger partial charge in [-0.05, 0) is 40.6 Å². The normalized spacial score (nSPS) is 8.37. The molecule has 0 atom stereocenters. The molecule has 0 aliphatic heterocycles. The molecule has 0 fully saturated rings. The van der Waals surface area contributed by atoms with Crippen molar-refractivity contribution in [3.8, 4) is 12.3 Å². The minimum atomic E-state index is 0.677. The lowest BCUT2D eigenvalue weighted by Crippen LogP contribution is -1.82. The third-order valence-electron chi connectivity index (χ3n) is 2.58. The lowest BCUT2D eigenvalue weighted by molar-refractivity contribution is 1.34. The van der Waals surface area contributed by atoms with Gasteiger partial charge in [-0.15, -0.1) is 25.5 Å². The molecule has 0 unspecified atom stereocenters. The summed E-state index contributed by atoms with van der Waals surface area (Å²) in [6.45, 7) is 9.48. The standard InChI is InChI=1S/C17H12.C2H4/c1-3-5-7-15-9-11-16-12-14(6-4-2)8-10-17(16)13-15;1-2/h2,7-13H,1,6H2;1-2H2. The zero-order valence-electron chi connectivity index (χ0n) is 10.9. The molecule has 92 valence electrons. The first-order valence-electron chi connectivity index (χ1n) is 5.90. The van der Waals surface area contributed by atoms with E-state index in [1.165, 1.54) is 16.3 Å². The number of terminal acetylenes is 1. The molecule has 0 saturated carbocycles. The maximum absolute atomic E-state index is 5.31. The molecule has 2 rings (SSSR count). The van der Waals surface area contributed by atoms with Crippen LogP contribution in [0, 0.1) is 12.3 Å². The largest absolute Gasteiger partial charge is 0.120 e. The summed E-state index contributed by atoms with van der Waals surface area (Å²) in [7, 11) is 0. The number of hydrogen-bond acceptors (Lipinski definition) is 0. The second-order valence-electron chi connectivity index (χ2n) is 3.79. The van der Waals surface area contributed by atoms with Crippen molar-refractivity contribution in [2.24, 2.45) is 0 Å². The van der Waals surface area contributed by atoms with Gasteiger partial charge >= 0.3 is 0 Å². The van der Waals surface area contributed by atoms with Crippen LogP contribution < -0.4 is 0 Å². The number of fused-ring (bicyclic) bond motifs is 1. The SMILES string of the molecule is C#CCc1ccc2cc(C=C=C=C)ccc2c1.C=C. The van der Waals surface area contributed by atoms with Gasteiger partial charge in [0.2, 0.25) is 0 Å². The molecule has 0 aromatic heterocycles. The van der Waals surface area contributed by atoms with E-state index in [2.05, 4.69) is 67.5 Å². The van der Waals surface area contributed by atoms with E-state index in [9.17, 15) is 0 Å². The Bertz CT molecular complexity index is 686. The Balaban J connectivity index is 0.000000861. The molecule has 0 aliphatic rings. The van der Waals surface area contributed by atoms with Gasteiger partial charge < -0.3 is 0 Å². The Morgan fingerprint density at radius 1 is 1.05 bits per heavy atom. The average molecular weight is 244 g/mol. The molecular formula is C19H16. The van der Waals surface area contributed by atoms with Gasteiger partial charge in [-0.2, -0.15) is 0 Å². The molecule has 0 radical (unpaired) electrons. The fourth-order valence-corrected chi connectivity index (χ4v) is 1.77. The smallest absolute Gasteiger partial charge is 0.0337 e. The van der Waals surface area contributed by atoms with E-state index in [4.69, 9.17) is 6.42 Å². The predicted octanol–water partition coefficient (Wildman–Crippen LogP) is 4.77. The fraction of sp³-hybridized carbons (Fsp3) is 0.0526. The maximum Gasteiger partial charge on any atom is 0.0337 e. The van der Waals surface area contributed by atoms with Gasteiger partial charge in [-0.3, -0.25) is 0 Å². The summed E-state index contributed by atoms with van der Waals surface area (Å²) in [6.07, 6.45) is 7.85. The van der Waals surface area contributed by atoms with Crippen LogP contribution in [-0.4, -0.2) is 0 Å². The molecule has 0 saturated heterocycles. The van der Waals surface area contributed by atoms with Crippen LogP contribution in [0.5, 0.6) is 0 Å². The molecule has 19 heavy (non-hydrogen) atoms. The summed E-state index contributed by atoms with van der Waals surface area (Å²) in [5.74, 6) is 2.66. The van der Waals surface area contributed by atoms with Gasteiger partial charge in [-0.25, -0.2) is 0 Å². The summed E-state index contributed by atoms with van der Waals surface area (Å²) in [5.41, 5.74) is 7.73. The Hall–Kier alpha value is -2.70. The van der Waals surface area contributed by atoms with Crippen LogP contribution in [-0.2, 0) is 6.42 Å². The van der Waals surface area contributed by atoms with Crippen LogP contribution in [0.2, 0.25) is 0 Å². The zero-order chi connectivity index (χ0) is 14.1. The molecule has 0 heterocycles. The van der Waals surface area contributed by atoms with Gasteiger partial charge in [-0.1, -0.05) is 41.8 Å². The molecule has 0 amide bonds. The van der Waals surface area contributed by atoms with Gasteiger partial charge in [0.1, 0.15) is 0 Å². The number of rotatable bonds is 2. The van der Waals surface area contributed by atoms with Crippen molar-refractivity contribution in [2.45, 2.75) is 6.42 Å². The lowest BCUT2D eigenvalue weighted by Gasteiger charge is -2.01. The summed E-state index contributed by atoms with van der Waals surface area (Å²) in [6, 6.07) is 12.5. The molecule has 0 bridgehead atoms. The van der Waals surface area contributed by atoms with Gasteiger partial charge in [0, 0.05) is 6.42 Å². The van der Waals surface area contributed by atoms with E-state index in [1.807, 2.05) is 12.1 Å². The molecule has 2 aromatic rings. The molecule has 2 aromatic carbocycles. The third-order valence-corrected chi connectivity index (χ3v) is 2.58. The maximum atomic E-state index is 5.31. The van der Waals surface area contributed by atoms with Crippen molar-refractivity contribution < 1.29 is 0 Å². The lowest BCUT2D eigenvalue weighted by atomic mass is 10.0. The highest BCUT2D eigenvalue weighted by Gasteiger charge is 1.96. The minimum Gasteiger partial charge on any atom is -0.120 e. The predicted molar refractivity (Wildman–Crippen MR) is 84.9 cm³/mol. The highest BCUT2D eigenvalue weighted by Crippen LogP contribution is 2.18. The topological polar surface area (TPSA) is 0 Å². The monoisotopic (exact) mass is 244 g/mol. The van der Waals surface area contributed by atoms with Crippen molar-refractivity contribution in [1.82, 2.24) is 0 Å². The van der Waals surface area contributed by atoms with E-state index in [-0.39, 0.29) is 0 Å². The Kier molecular flexibility index (Phi) is 5.74. The van der Waals surface area contributed by atoms with Crippen LogP contribution in [0.1, 0.15) is 11.1 Å². The first kappa shape index (κ1) is 14.4. The Morgan fingerprint density at radius 3 is 2.42 bits per heavy atom. The van der Waals surface area contributed by atoms with Crippen LogP contribution in [0.15, 0.2) is 67.6 Å². The van der Waals surface area contributed by atoms with Gasteiger partial charge in [0.25, 0.3) is 0 Å². The summed E-state index contributed by atoms with van der Waals surface area (Å²) in [4.78, 5) is 0. The highest BCUT2D eigenvalue weighted by molar-refractivity contribution is 5.85. The number of hydrogen-bond donors (Lipinski definition) is 0. The average Bonchev–Trinajstić information content (AvgIpc) is 2.47. The quantitative estimate of drug-likeness (QED) is 0.405. The number of benzene rings is 2. The van der Waals surface area contributed by atoms with Crippen LogP contribution in [0.25, 0.3) is 16.8 Å². The third kappa shape index (κ3) is 3.91. The van der Waals surface area contributed by atoms with Crippen molar-refractivity contribution in [3.63, 3.8) is 0 Å². The first-order valence-corrected chi connectivity index (χ1v) is 5.90. The van der Waals surface area contributed by atoms with Crippen molar-refractivity contribution >= 4 is 16.8 Å². The molecular weight excluding hydrogens is 228 g/mol. The molecule has 0 nitrogen and oxygen atoms in total. The van der Waals surface area contributed by atoms with Crippen LogP contribution >= 0.6 is 0 Å². The molecule has 0 spiro atoms. The summed E-state index contributed by atoms with van der Waals surface area (Å²) in [5, 5.41) is 2.41. The zero-order valence-corrected chi connectivity index (χ0v) is 10.9. The van der Waals surface area contributed by atoms with Crippen LogP contribution in [0.3, 0.4) is 0 Å². The minimum absolute atomic E-state index is 0.677. The Morgan fingerprint density at radius 2 is 1.74 bits per heavy atom. The van der Waals surface area contributed by atoms with E-state index >= 15 is 0 Å². The second-order valence-corrected chi connectivity index (χ2v) is 3.79. The Labute approximate surface area is 115 Å². The van der Waals surface area contributed by atoms with Crippen molar-refractivity contribution in [1.29, 1.82) is 0 Å². The van der Waals surface area contributed by atoms with Crippen molar-refractivity contribution in [2.75, 3.05) is 0 Å². The van der Waals surface area contributed by atoms with Gasteiger partial charge in [0.15, 0.2) is 0 Å². The van der Waals surface area contributed by atoms with E-state index in [0.29, 0.717) is 6.42 Å². The fourth-order valence-electron chi connectivity index (χ4n) is 1.77. The summed E-state index contributed by atoms with van der Waals surface area (Å²) < 4.78 is 0. The highest BCUT2D eigenvalue weighted by atomic mass is 14.0. The second kappa shape index (κ2) is 7.59.